The summed E-state index contributed by atoms with van der Waals surface area (Å²) in [6.45, 7) is 10.4. The quantitative estimate of drug-likeness (QED) is 0.929. The number of hydrogen-bond donors (Lipinski definition) is 1. The van der Waals surface area contributed by atoms with Gasteiger partial charge in [0.25, 0.3) is 0 Å². The van der Waals surface area contributed by atoms with Crippen molar-refractivity contribution in [3.63, 3.8) is 0 Å². The number of rotatable bonds is 4. The summed E-state index contributed by atoms with van der Waals surface area (Å²) in [5, 5.41) is 8.94. The van der Waals surface area contributed by atoms with E-state index in [0.29, 0.717) is 12.1 Å². The maximum atomic E-state index is 6.18. The molecule has 1 aliphatic rings. The second-order valence-corrected chi connectivity index (χ2v) is 7.00. The van der Waals surface area contributed by atoms with Gasteiger partial charge in [0.15, 0.2) is 0 Å². The van der Waals surface area contributed by atoms with Gasteiger partial charge in [-0.05, 0) is 38.5 Å². The third-order valence-corrected chi connectivity index (χ3v) is 4.74. The smallest absolute Gasteiger partial charge is 0.0638 e. The summed E-state index contributed by atoms with van der Waals surface area (Å²) >= 11 is 6.18. The molecule has 5 heteroatoms. The molecule has 0 amide bonds. The number of hydrogen-bond acceptors (Lipinski definition) is 3. The van der Waals surface area contributed by atoms with Crippen LogP contribution in [0.2, 0.25) is 5.02 Å². The molecule has 1 saturated heterocycles. The van der Waals surface area contributed by atoms with E-state index in [1.165, 1.54) is 11.1 Å². The molecule has 0 bridgehead atoms. The second-order valence-electron chi connectivity index (χ2n) is 6.56. The first-order valence-electron chi connectivity index (χ1n) is 8.29. The molecule has 1 aromatic carbocycles. The normalized spacial score (nSPS) is 19.4. The molecule has 2 heterocycles. The van der Waals surface area contributed by atoms with Crippen LogP contribution in [0.5, 0.6) is 0 Å². The molecule has 2 aromatic rings. The zero-order valence-corrected chi connectivity index (χ0v) is 14.8. The highest BCUT2D eigenvalue weighted by atomic mass is 35.5. The fourth-order valence-electron chi connectivity index (χ4n) is 3.14. The van der Waals surface area contributed by atoms with Gasteiger partial charge < -0.3 is 5.32 Å². The Labute approximate surface area is 143 Å². The fourth-order valence-corrected chi connectivity index (χ4v) is 3.33. The minimum Gasteiger partial charge on any atom is -0.314 e. The van der Waals surface area contributed by atoms with Crippen molar-refractivity contribution in [3.8, 4) is 0 Å². The molecule has 124 valence electrons. The molecule has 1 N–H and O–H groups in total. The van der Waals surface area contributed by atoms with Crippen LogP contribution >= 0.6 is 11.6 Å². The predicted molar refractivity (Wildman–Crippen MR) is 94.8 cm³/mol. The summed E-state index contributed by atoms with van der Waals surface area (Å²) in [4.78, 5) is 2.52. The molecule has 1 aromatic heterocycles. The van der Waals surface area contributed by atoms with E-state index in [1.54, 1.807) is 0 Å². The van der Waals surface area contributed by atoms with Crippen LogP contribution in [0.15, 0.2) is 30.5 Å². The third kappa shape index (κ3) is 3.77. The number of nitrogens with zero attached hydrogens (tertiary/aromatic N) is 3. The van der Waals surface area contributed by atoms with E-state index in [2.05, 4.69) is 59.1 Å². The maximum Gasteiger partial charge on any atom is 0.0638 e. The minimum atomic E-state index is 0.351. The number of aryl methyl sites for hydroxylation is 1. The average molecular weight is 333 g/mol. The van der Waals surface area contributed by atoms with Crippen LogP contribution in [0.4, 0.5) is 0 Å². The molecule has 1 aliphatic heterocycles. The molecule has 3 rings (SSSR count). The number of nitrogens with one attached hydrogen (secondary N) is 1. The Balaban J connectivity index is 1.82. The monoisotopic (exact) mass is 332 g/mol. The van der Waals surface area contributed by atoms with E-state index in [9.17, 15) is 0 Å². The van der Waals surface area contributed by atoms with E-state index in [0.717, 1.165) is 36.9 Å². The largest absolute Gasteiger partial charge is 0.314 e. The molecule has 0 saturated carbocycles. The van der Waals surface area contributed by atoms with Crippen LogP contribution in [0.1, 0.15) is 42.8 Å². The van der Waals surface area contributed by atoms with Crippen molar-refractivity contribution < 1.29 is 0 Å². The molecule has 0 spiro atoms. The van der Waals surface area contributed by atoms with Gasteiger partial charge in [-0.25, -0.2) is 0 Å². The highest BCUT2D eigenvalue weighted by molar-refractivity contribution is 6.30. The lowest BCUT2D eigenvalue weighted by atomic mass is 10.0. The first kappa shape index (κ1) is 16.5. The van der Waals surface area contributed by atoms with Gasteiger partial charge in [-0.1, -0.05) is 23.7 Å². The average Bonchev–Trinajstić information content (AvgIpc) is 2.89. The summed E-state index contributed by atoms with van der Waals surface area (Å²) < 4.78 is 2.06. The highest BCUT2D eigenvalue weighted by Crippen LogP contribution is 2.27. The van der Waals surface area contributed by atoms with Crippen molar-refractivity contribution in [1.29, 1.82) is 0 Å². The molecule has 0 aliphatic carbocycles. The Kier molecular flexibility index (Phi) is 5.05. The topological polar surface area (TPSA) is 33.1 Å². The van der Waals surface area contributed by atoms with E-state index < -0.39 is 0 Å². The van der Waals surface area contributed by atoms with Crippen molar-refractivity contribution in [2.45, 2.75) is 39.4 Å². The maximum absolute atomic E-state index is 6.18. The zero-order chi connectivity index (χ0) is 16.4. The highest BCUT2D eigenvalue weighted by Gasteiger charge is 2.25. The SMILES string of the molecule is Cc1nn(C(C)C)cc1CN1CCNCC1c1cccc(Cl)c1. The number of piperazine rings is 1. The lowest BCUT2D eigenvalue weighted by molar-refractivity contribution is 0.153. The van der Waals surface area contributed by atoms with Crippen molar-refractivity contribution in [1.82, 2.24) is 20.0 Å². The Morgan fingerprint density at radius 3 is 2.91 bits per heavy atom. The fraction of sp³-hybridized carbons (Fsp3) is 0.500. The molecule has 1 fully saturated rings. The Morgan fingerprint density at radius 2 is 2.22 bits per heavy atom. The molecule has 1 unspecified atom stereocenters. The summed E-state index contributed by atoms with van der Waals surface area (Å²) in [5.74, 6) is 0. The molecule has 1 atom stereocenters. The van der Waals surface area contributed by atoms with Gasteiger partial charge in [-0.2, -0.15) is 5.10 Å². The standard InChI is InChI=1S/C18H25ClN4/c1-13(2)23-12-16(14(3)21-23)11-22-8-7-20-10-18(22)15-5-4-6-17(19)9-15/h4-6,9,12-13,18,20H,7-8,10-11H2,1-3H3. The predicted octanol–water partition coefficient (Wildman–Crippen LogP) is 3.57. The van der Waals surface area contributed by atoms with E-state index in [4.69, 9.17) is 11.6 Å². The summed E-state index contributed by atoms with van der Waals surface area (Å²) in [7, 11) is 0. The first-order chi connectivity index (χ1) is 11.0. The molecule has 4 nitrogen and oxygen atoms in total. The summed E-state index contributed by atoms with van der Waals surface area (Å²) in [6, 6.07) is 8.96. The van der Waals surface area contributed by atoms with Gasteiger partial charge in [-0.3, -0.25) is 9.58 Å². The lowest BCUT2D eigenvalue weighted by Gasteiger charge is -2.36. The van der Waals surface area contributed by atoms with Crippen molar-refractivity contribution in [3.05, 3.63) is 52.3 Å². The van der Waals surface area contributed by atoms with Crippen LogP contribution in [-0.2, 0) is 6.54 Å². The summed E-state index contributed by atoms with van der Waals surface area (Å²) in [5.41, 5.74) is 3.72. The molecular formula is C18H25ClN4. The third-order valence-electron chi connectivity index (χ3n) is 4.51. The Hall–Kier alpha value is -1.36. The number of halogens is 1. The number of aromatic nitrogens is 2. The Morgan fingerprint density at radius 1 is 1.39 bits per heavy atom. The van der Waals surface area contributed by atoms with Gasteiger partial charge >= 0.3 is 0 Å². The summed E-state index contributed by atoms with van der Waals surface area (Å²) in [6.07, 6.45) is 2.19. The van der Waals surface area contributed by atoms with Crippen molar-refractivity contribution >= 4 is 11.6 Å². The molecular weight excluding hydrogens is 308 g/mol. The molecule has 23 heavy (non-hydrogen) atoms. The van der Waals surface area contributed by atoms with Crippen LogP contribution in [0.25, 0.3) is 0 Å². The van der Waals surface area contributed by atoms with Crippen LogP contribution in [-0.4, -0.2) is 34.3 Å². The minimum absolute atomic E-state index is 0.351. The van der Waals surface area contributed by atoms with Crippen molar-refractivity contribution in [2.24, 2.45) is 0 Å². The lowest BCUT2D eigenvalue weighted by Crippen LogP contribution is -2.45. The van der Waals surface area contributed by atoms with Gasteiger partial charge in [0.05, 0.1) is 5.69 Å². The Bertz CT molecular complexity index is 665. The van der Waals surface area contributed by atoms with E-state index in [-0.39, 0.29) is 0 Å². The van der Waals surface area contributed by atoms with Crippen molar-refractivity contribution in [2.75, 3.05) is 19.6 Å². The van der Waals surface area contributed by atoms with Gasteiger partial charge in [0.1, 0.15) is 0 Å². The van der Waals surface area contributed by atoms with Gasteiger partial charge in [0.2, 0.25) is 0 Å². The molecule has 0 radical (unpaired) electrons. The van der Waals surface area contributed by atoms with Gasteiger partial charge in [0, 0.05) is 55.0 Å². The van der Waals surface area contributed by atoms with Crippen LogP contribution < -0.4 is 5.32 Å². The zero-order valence-electron chi connectivity index (χ0n) is 14.1. The van der Waals surface area contributed by atoms with Crippen LogP contribution in [0, 0.1) is 6.92 Å². The second kappa shape index (κ2) is 7.04. The number of benzene rings is 1. The van der Waals surface area contributed by atoms with Crippen LogP contribution in [0.3, 0.4) is 0 Å². The van der Waals surface area contributed by atoms with Gasteiger partial charge in [-0.15, -0.1) is 0 Å². The first-order valence-corrected chi connectivity index (χ1v) is 8.67. The van der Waals surface area contributed by atoms with E-state index >= 15 is 0 Å². The van der Waals surface area contributed by atoms with E-state index in [1.807, 2.05) is 12.1 Å².